The summed E-state index contributed by atoms with van der Waals surface area (Å²) in [6, 6.07) is 3.18. The minimum Gasteiger partial charge on any atom is -0.273 e. The SMILES string of the molecule is CC(=O)N(Cl)c1ccc(Cl)cn1. The molecule has 3 nitrogen and oxygen atoms in total. The monoisotopic (exact) mass is 204 g/mol. The van der Waals surface area contributed by atoms with Crippen LogP contribution in [0.3, 0.4) is 0 Å². The highest BCUT2D eigenvalue weighted by atomic mass is 35.5. The van der Waals surface area contributed by atoms with Crippen LogP contribution in [0.4, 0.5) is 5.82 Å². The molecule has 0 fully saturated rings. The second-order valence-electron chi connectivity index (χ2n) is 2.13. The van der Waals surface area contributed by atoms with Crippen molar-refractivity contribution < 1.29 is 4.79 Å². The van der Waals surface area contributed by atoms with E-state index in [1.807, 2.05) is 0 Å². The normalized spacial score (nSPS) is 9.58. The summed E-state index contributed by atoms with van der Waals surface area (Å²) in [5, 5.41) is 0.507. The van der Waals surface area contributed by atoms with Gasteiger partial charge in [0.2, 0.25) is 5.91 Å². The number of carbonyl (C=O) groups is 1. The molecule has 1 rings (SSSR count). The van der Waals surface area contributed by atoms with Crippen LogP contribution >= 0.6 is 23.4 Å². The maximum Gasteiger partial charge on any atom is 0.239 e. The lowest BCUT2D eigenvalue weighted by Gasteiger charge is -2.08. The van der Waals surface area contributed by atoms with Crippen molar-refractivity contribution in [3.8, 4) is 0 Å². The molecule has 0 atom stereocenters. The van der Waals surface area contributed by atoms with Crippen molar-refractivity contribution in [1.82, 2.24) is 4.98 Å². The quantitative estimate of drug-likeness (QED) is 0.658. The van der Waals surface area contributed by atoms with Gasteiger partial charge in [-0.1, -0.05) is 11.6 Å². The second-order valence-corrected chi connectivity index (χ2v) is 2.91. The number of rotatable bonds is 1. The van der Waals surface area contributed by atoms with Gasteiger partial charge in [0.1, 0.15) is 0 Å². The van der Waals surface area contributed by atoms with Crippen molar-refractivity contribution in [3.63, 3.8) is 0 Å². The first-order valence-electron chi connectivity index (χ1n) is 3.19. The molecule has 0 unspecified atom stereocenters. The lowest BCUT2D eigenvalue weighted by molar-refractivity contribution is -0.115. The highest BCUT2D eigenvalue weighted by Gasteiger charge is 2.08. The third-order valence-corrected chi connectivity index (χ3v) is 1.82. The summed E-state index contributed by atoms with van der Waals surface area (Å²) in [5.74, 6) is 0.0834. The van der Waals surface area contributed by atoms with Gasteiger partial charge in [0.25, 0.3) is 0 Å². The van der Waals surface area contributed by atoms with Gasteiger partial charge in [0.15, 0.2) is 5.82 Å². The second kappa shape index (κ2) is 3.74. The van der Waals surface area contributed by atoms with Gasteiger partial charge in [-0.15, -0.1) is 0 Å². The molecule has 64 valence electrons. The Balaban J connectivity index is 2.89. The molecule has 1 heterocycles. The first kappa shape index (κ1) is 9.29. The van der Waals surface area contributed by atoms with E-state index < -0.39 is 0 Å². The Morgan fingerprint density at radius 1 is 1.58 bits per heavy atom. The van der Waals surface area contributed by atoms with Gasteiger partial charge in [0, 0.05) is 24.9 Å². The fraction of sp³-hybridized carbons (Fsp3) is 0.143. The van der Waals surface area contributed by atoms with Crippen molar-refractivity contribution in [3.05, 3.63) is 23.4 Å². The van der Waals surface area contributed by atoms with Crippen molar-refractivity contribution in [2.75, 3.05) is 4.42 Å². The van der Waals surface area contributed by atoms with E-state index >= 15 is 0 Å². The molecule has 0 saturated carbocycles. The van der Waals surface area contributed by atoms with Crippen LogP contribution < -0.4 is 4.42 Å². The van der Waals surface area contributed by atoms with E-state index in [0.717, 1.165) is 4.42 Å². The van der Waals surface area contributed by atoms with Crippen LogP contribution in [0.5, 0.6) is 0 Å². The zero-order valence-electron chi connectivity index (χ0n) is 6.29. The van der Waals surface area contributed by atoms with Crippen LogP contribution in [0.2, 0.25) is 5.02 Å². The van der Waals surface area contributed by atoms with E-state index in [9.17, 15) is 4.79 Å². The molecule has 0 N–H and O–H groups in total. The Morgan fingerprint density at radius 2 is 2.25 bits per heavy atom. The van der Waals surface area contributed by atoms with Gasteiger partial charge in [-0.25, -0.2) is 9.40 Å². The number of hydrogen-bond donors (Lipinski definition) is 0. The van der Waals surface area contributed by atoms with Crippen LogP contribution in [-0.2, 0) is 4.79 Å². The number of halogens is 2. The van der Waals surface area contributed by atoms with E-state index in [4.69, 9.17) is 23.4 Å². The Morgan fingerprint density at radius 3 is 2.67 bits per heavy atom. The topological polar surface area (TPSA) is 33.2 Å². The highest BCUT2D eigenvalue weighted by molar-refractivity contribution is 6.36. The summed E-state index contributed by atoms with van der Waals surface area (Å²) in [4.78, 5) is 14.6. The summed E-state index contributed by atoms with van der Waals surface area (Å²) >= 11 is 11.2. The molecule has 5 heteroatoms. The first-order valence-corrected chi connectivity index (χ1v) is 3.91. The van der Waals surface area contributed by atoms with Crippen molar-refractivity contribution in [2.24, 2.45) is 0 Å². The maximum absolute atomic E-state index is 10.8. The molecule has 0 bridgehead atoms. The van der Waals surface area contributed by atoms with Gasteiger partial charge in [-0.3, -0.25) is 4.79 Å². The summed E-state index contributed by atoms with van der Waals surface area (Å²) in [6.45, 7) is 1.35. The van der Waals surface area contributed by atoms with E-state index in [2.05, 4.69) is 4.98 Å². The summed E-state index contributed by atoms with van der Waals surface area (Å²) in [5.41, 5.74) is 0. The van der Waals surface area contributed by atoms with Gasteiger partial charge in [-0.2, -0.15) is 0 Å². The molecular formula is C7H6Cl2N2O. The number of hydrogen-bond acceptors (Lipinski definition) is 2. The van der Waals surface area contributed by atoms with Crippen molar-refractivity contribution in [2.45, 2.75) is 6.92 Å². The number of amides is 1. The van der Waals surface area contributed by atoms with E-state index in [0.29, 0.717) is 10.8 Å². The molecule has 1 aromatic heterocycles. The molecule has 1 aromatic rings. The van der Waals surface area contributed by atoms with Crippen LogP contribution in [0.25, 0.3) is 0 Å². The predicted octanol–water partition coefficient (Wildman–Crippen LogP) is 2.24. The largest absolute Gasteiger partial charge is 0.273 e. The zero-order valence-corrected chi connectivity index (χ0v) is 7.80. The van der Waals surface area contributed by atoms with Crippen LogP contribution in [0.15, 0.2) is 18.3 Å². The molecule has 0 aliphatic heterocycles. The molecule has 0 spiro atoms. The molecule has 0 aliphatic carbocycles. The molecule has 0 aromatic carbocycles. The number of nitrogens with zero attached hydrogens (tertiary/aromatic N) is 2. The summed E-state index contributed by atoms with van der Waals surface area (Å²) < 4.78 is 0.927. The van der Waals surface area contributed by atoms with Crippen molar-refractivity contribution >= 4 is 35.1 Å². The van der Waals surface area contributed by atoms with Gasteiger partial charge in [-0.05, 0) is 12.1 Å². The van der Waals surface area contributed by atoms with Gasteiger partial charge < -0.3 is 0 Å². The zero-order chi connectivity index (χ0) is 9.14. The highest BCUT2D eigenvalue weighted by Crippen LogP contribution is 2.15. The fourth-order valence-electron chi connectivity index (χ4n) is 0.645. The summed E-state index contributed by atoms with van der Waals surface area (Å²) in [7, 11) is 0. The Bertz CT molecular complexity index is 286. The van der Waals surface area contributed by atoms with Crippen LogP contribution in [-0.4, -0.2) is 10.9 Å². The van der Waals surface area contributed by atoms with Crippen molar-refractivity contribution in [1.29, 1.82) is 0 Å². The Labute approximate surface area is 80.0 Å². The van der Waals surface area contributed by atoms with E-state index in [1.165, 1.54) is 13.1 Å². The van der Waals surface area contributed by atoms with Gasteiger partial charge >= 0.3 is 0 Å². The smallest absolute Gasteiger partial charge is 0.239 e. The average Bonchev–Trinajstić information content (AvgIpc) is 2.04. The molecule has 0 saturated heterocycles. The third-order valence-electron chi connectivity index (χ3n) is 1.19. The molecule has 1 amide bonds. The van der Waals surface area contributed by atoms with Crippen LogP contribution in [0, 0.1) is 0 Å². The lowest BCUT2D eigenvalue weighted by Crippen LogP contribution is -2.17. The Kier molecular flexibility index (Phi) is 2.89. The number of anilines is 1. The minimum atomic E-state index is -0.286. The fourth-order valence-corrected chi connectivity index (χ4v) is 0.857. The number of aromatic nitrogens is 1. The van der Waals surface area contributed by atoms with Crippen LogP contribution in [0.1, 0.15) is 6.92 Å². The number of pyridine rings is 1. The average molecular weight is 205 g/mol. The maximum atomic E-state index is 10.8. The third kappa shape index (κ3) is 2.09. The number of carbonyl (C=O) groups excluding carboxylic acids is 1. The Hall–Kier alpha value is -0.800. The van der Waals surface area contributed by atoms with Gasteiger partial charge in [0.05, 0.1) is 5.02 Å². The van der Waals surface area contributed by atoms with E-state index in [1.54, 1.807) is 12.1 Å². The van der Waals surface area contributed by atoms with E-state index in [-0.39, 0.29) is 5.91 Å². The minimum absolute atomic E-state index is 0.286. The predicted molar refractivity (Wildman–Crippen MR) is 48.3 cm³/mol. The lowest BCUT2D eigenvalue weighted by atomic mass is 10.4. The standard InChI is InChI=1S/C7H6Cl2N2O/c1-5(12)11(9)7-3-2-6(8)4-10-7/h2-4H,1H3. The molecule has 12 heavy (non-hydrogen) atoms. The first-order chi connectivity index (χ1) is 5.61. The molecule has 0 radical (unpaired) electrons. The molecule has 0 aliphatic rings. The molecular weight excluding hydrogens is 199 g/mol. The summed E-state index contributed by atoms with van der Waals surface area (Å²) in [6.07, 6.45) is 1.43.